The van der Waals surface area contributed by atoms with Gasteiger partial charge in [0.2, 0.25) is 0 Å². The summed E-state index contributed by atoms with van der Waals surface area (Å²) in [7, 11) is 0. The highest BCUT2D eigenvalue weighted by Gasteiger charge is 2.66. The van der Waals surface area contributed by atoms with Crippen LogP contribution in [0.2, 0.25) is 0 Å². The second kappa shape index (κ2) is 5.85. The van der Waals surface area contributed by atoms with Crippen LogP contribution >= 0.6 is 23.2 Å². The van der Waals surface area contributed by atoms with E-state index in [1.165, 1.54) is 27.8 Å². The van der Waals surface area contributed by atoms with Crippen LogP contribution in [0.4, 0.5) is 0 Å². The summed E-state index contributed by atoms with van der Waals surface area (Å²) in [6, 6.07) is 17.0. The van der Waals surface area contributed by atoms with Gasteiger partial charge < -0.3 is 10.1 Å². The molecule has 2 nitrogen and oxygen atoms in total. The van der Waals surface area contributed by atoms with E-state index in [9.17, 15) is 0 Å². The summed E-state index contributed by atoms with van der Waals surface area (Å²) in [5.74, 6) is 0.286. The average molecular weight is 372 g/mol. The van der Waals surface area contributed by atoms with Gasteiger partial charge in [0.15, 0.2) is 0 Å². The van der Waals surface area contributed by atoms with Crippen molar-refractivity contribution in [2.75, 3.05) is 19.7 Å². The molecule has 3 atom stereocenters. The fourth-order valence-electron chi connectivity index (χ4n) is 4.33. The van der Waals surface area contributed by atoms with Crippen LogP contribution in [-0.4, -0.2) is 30.1 Å². The number of halogens is 2. The van der Waals surface area contributed by atoms with Crippen molar-refractivity contribution in [3.63, 3.8) is 0 Å². The normalized spacial score (nSPS) is 29.0. The molecule has 3 aliphatic rings. The molecule has 1 saturated carbocycles. The predicted octanol–water partition coefficient (Wildman–Crippen LogP) is 4.48. The SMILES string of the molecule is ClC1(Cl)C2c3ccccc3C(=CC3CNCCO3)c3ccccc3C21. The van der Waals surface area contributed by atoms with Crippen molar-refractivity contribution in [1.29, 1.82) is 0 Å². The van der Waals surface area contributed by atoms with Crippen molar-refractivity contribution in [1.82, 2.24) is 5.32 Å². The number of hydrogen-bond acceptors (Lipinski definition) is 2. The Labute approximate surface area is 157 Å². The lowest BCUT2D eigenvalue weighted by Crippen LogP contribution is -2.37. The smallest absolute Gasteiger partial charge is 0.133 e. The number of hydrogen-bond donors (Lipinski definition) is 1. The van der Waals surface area contributed by atoms with Gasteiger partial charge in [0, 0.05) is 24.9 Å². The molecule has 128 valence electrons. The third kappa shape index (κ3) is 2.47. The molecule has 2 fully saturated rings. The van der Waals surface area contributed by atoms with Crippen LogP contribution in [0.3, 0.4) is 0 Å². The molecular formula is C21H19Cl2NO. The maximum Gasteiger partial charge on any atom is 0.133 e. The van der Waals surface area contributed by atoms with Gasteiger partial charge in [-0.05, 0) is 33.9 Å². The van der Waals surface area contributed by atoms with E-state index in [1.54, 1.807) is 0 Å². The van der Waals surface area contributed by atoms with Crippen molar-refractivity contribution in [2.24, 2.45) is 0 Å². The van der Waals surface area contributed by atoms with Crippen molar-refractivity contribution < 1.29 is 4.74 Å². The molecule has 5 rings (SSSR count). The van der Waals surface area contributed by atoms with Crippen LogP contribution in [0.5, 0.6) is 0 Å². The molecule has 1 saturated heterocycles. The maximum absolute atomic E-state index is 6.69. The predicted molar refractivity (Wildman–Crippen MR) is 102 cm³/mol. The molecule has 25 heavy (non-hydrogen) atoms. The summed E-state index contributed by atoms with van der Waals surface area (Å²) in [6.07, 6.45) is 2.34. The van der Waals surface area contributed by atoms with Crippen molar-refractivity contribution in [2.45, 2.75) is 22.3 Å². The summed E-state index contributed by atoms with van der Waals surface area (Å²) in [5, 5.41) is 3.41. The highest BCUT2D eigenvalue weighted by molar-refractivity contribution is 6.52. The minimum atomic E-state index is -0.722. The van der Waals surface area contributed by atoms with Gasteiger partial charge in [-0.15, -0.1) is 23.2 Å². The Morgan fingerprint density at radius 1 is 0.960 bits per heavy atom. The van der Waals surface area contributed by atoms with Crippen LogP contribution in [0.1, 0.15) is 34.1 Å². The zero-order valence-electron chi connectivity index (χ0n) is 13.7. The molecule has 0 spiro atoms. The van der Waals surface area contributed by atoms with E-state index in [1.807, 2.05) is 0 Å². The average Bonchev–Trinajstić information content (AvgIpc) is 3.25. The first-order valence-electron chi connectivity index (χ1n) is 8.78. The second-order valence-electron chi connectivity index (χ2n) is 7.00. The Kier molecular flexibility index (Phi) is 3.72. The lowest BCUT2D eigenvalue weighted by molar-refractivity contribution is 0.0594. The molecule has 1 heterocycles. The number of rotatable bonds is 1. The van der Waals surface area contributed by atoms with Gasteiger partial charge in [-0.2, -0.15) is 0 Å². The molecule has 2 aromatic rings. The first kappa shape index (κ1) is 15.9. The van der Waals surface area contributed by atoms with Gasteiger partial charge >= 0.3 is 0 Å². The summed E-state index contributed by atoms with van der Waals surface area (Å²) in [6.45, 7) is 2.50. The van der Waals surface area contributed by atoms with Gasteiger partial charge in [-0.25, -0.2) is 0 Å². The monoisotopic (exact) mass is 371 g/mol. The van der Waals surface area contributed by atoms with Crippen LogP contribution in [0.15, 0.2) is 54.6 Å². The molecule has 1 N–H and O–H groups in total. The van der Waals surface area contributed by atoms with E-state index in [2.05, 4.69) is 59.9 Å². The second-order valence-corrected chi connectivity index (χ2v) is 8.44. The number of benzene rings is 2. The van der Waals surface area contributed by atoms with Gasteiger partial charge in [-0.3, -0.25) is 0 Å². The first-order valence-corrected chi connectivity index (χ1v) is 9.54. The maximum atomic E-state index is 6.69. The van der Waals surface area contributed by atoms with E-state index in [-0.39, 0.29) is 17.9 Å². The lowest BCUT2D eigenvalue weighted by atomic mass is 9.90. The summed E-state index contributed by atoms with van der Waals surface area (Å²) in [4.78, 5) is 0. The highest BCUT2D eigenvalue weighted by atomic mass is 35.5. The van der Waals surface area contributed by atoms with E-state index in [4.69, 9.17) is 27.9 Å². The topological polar surface area (TPSA) is 21.3 Å². The minimum absolute atomic E-state index is 0.0797. The molecule has 0 radical (unpaired) electrons. The Bertz CT molecular complexity index is 797. The van der Waals surface area contributed by atoms with Gasteiger partial charge in [0.05, 0.1) is 12.7 Å². The van der Waals surface area contributed by atoms with E-state index < -0.39 is 4.33 Å². The zero-order valence-corrected chi connectivity index (χ0v) is 15.2. The Balaban J connectivity index is 1.72. The largest absolute Gasteiger partial charge is 0.371 e. The number of fused-ring (bicyclic) bond motifs is 5. The molecular weight excluding hydrogens is 353 g/mol. The van der Waals surface area contributed by atoms with Gasteiger partial charge in [0.25, 0.3) is 0 Å². The van der Waals surface area contributed by atoms with Crippen LogP contribution in [0.25, 0.3) is 5.57 Å². The first-order chi connectivity index (χ1) is 12.2. The zero-order chi connectivity index (χ0) is 17.0. The molecule has 2 aromatic carbocycles. The quantitative estimate of drug-likeness (QED) is 0.746. The fourth-order valence-corrected chi connectivity index (χ4v) is 5.18. The van der Waals surface area contributed by atoms with Crippen LogP contribution in [0, 0.1) is 0 Å². The molecule has 0 amide bonds. The third-order valence-corrected chi connectivity index (χ3v) is 6.47. The van der Waals surface area contributed by atoms with E-state index in [0.717, 1.165) is 19.7 Å². The summed E-state index contributed by atoms with van der Waals surface area (Å²) in [5.41, 5.74) is 6.16. The Hall–Kier alpha value is -1.32. The Morgan fingerprint density at radius 3 is 2.12 bits per heavy atom. The van der Waals surface area contributed by atoms with Crippen molar-refractivity contribution in [3.8, 4) is 0 Å². The van der Waals surface area contributed by atoms with E-state index in [0.29, 0.717) is 0 Å². The number of alkyl halides is 2. The van der Waals surface area contributed by atoms with E-state index >= 15 is 0 Å². The van der Waals surface area contributed by atoms with Crippen molar-refractivity contribution >= 4 is 28.8 Å². The third-order valence-electron chi connectivity index (χ3n) is 5.53. The van der Waals surface area contributed by atoms with Crippen LogP contribution < -0.4 is 5.32 Å². The minimum Gasteiger partial charge on any atom is -0.371 e. The number of nitrogens with one attached hydrogen (secondary N) is 1. The lowest BCUT2D eigenvalue weighted by Gasteiger charge is -2.23. The summed E-state index contributed by atoms with van der Waals surface area (Å²) >= 11 is 13.4. The Morgan fingerprint density at radius 2 is 1.56 bits per heavy atom. The van der Waals surface area contributed by atoms with Gasteiger partial charge in [0.1, 0.15) is 4.33 Å². The standard InChI is InChI=1S/C21H19Cl2NO/c22-21(23)19-16-7-3-1-5-14(16)18(11-13-12-24-9-10-25-13)15-6-2-4-8-17(15)20(19)21/h1-8,11,13,19-20,24H,9-10,12H2. The van der Waals surface area contributed by atoms with Gasteiger partial charge in [-0.1, -0.05) is 48.5 Å². The molecule has 0 aromatic heterocycles. The molecule has 1 aliphatic heterocycles. The molecule has 2 aliphatic carbocycles. The summed E-state index contributed by atoms with van der Waals surface area (Å²) < 4.78 is 5.22. The van der Waals surface area contributed by atoms with Crippen molar-refractivity contribution in [3.05, 3.63) is 76.9 Å². The van der Waals surface area contributed by atoms with Crippen LogP contribution in [-0.2, 0) is 4.74 Å². The molecule has 3 unspecified atom stereocenters. The molecule has 4 heteroatoms. The number of ether oxygens (including phenoxy) is 1. The molecule has 0 bridgehead atoms. The number of morpholine rings is 1. The fraction of sp³-hybridized carbons (Fsp3) is 0.333. The highest BCUT2D eigenvalue weighted by Crippen LogP contribution is 2.72.